The molecule has 0 radical (unpaired) electrons. The number of H-pyrrole nitrogens is 1. The number of carbonyl (C=O) groups excluding carboxylic acids is 1. The summed E-state index contributed by atoms with van der Waals surface area (Å²) < 4.78 is 0. The van der Waals surface area contributed by atoms with Crippen LogP contribution in [0.25, 0.3) is 11.0 Å². The van der Waals surface area contributed by atoms with Gasteiger partial charge in [0.2, 0.25) is 5.91 Å². The Morgan fingerprint density at radius 3 is 2.56 bits per heavy atom. The Morgan fingerprint density at radius 2 is 1.84 bits per heavy atom. The molecule has 4 rings (SSSR count). The van der Waals surface area contributed by atoms with Gasteiger partial charge in [-0.3, -0.25) is 9.69 Å². The quantitative estimate of drug-likeness (QED) is 0.920. The van der Waals surface area contributed by atoms with Crippen LogP contribution in [-0.2, 0) is 11.3 Å². The molecule has 0 saturated carbocycles. The first-order chi connectivity index (χ1) is 12.2. The van der Waals surface area contributed by atoms with Gasteiger partial charge in [0.15, 0.2) is 0 Å². The van der Waals surface area contributed by atoms with E-state index in [0.29, 0.717) is 5.91 Å². The molecule has 6 nitrogen and oxygen atoms in total. The molecule has 2 aliphatic heterocycles. The van der Waals surface area contributed by atoms with Gasteiger partial charge in [-0.25, -0.2) is 4.98 Å². The van der Waals surface area contributed by atoms with E-state index < -0.39 is 0 Å². The van der Waals surface area contributed by atoms with E-state index in [2.05, 4.69) is 37.8 Å². The lowest BCUT2D eigenvalue weighted by Crippen LogP contribution is -2.50. The molecule has 0 bridgehead atoms. The smallest absolute Gasteiger partial charge is 0.225 e. The summed E-state index contributed by atoms with van der Waals surface area (Å²) in [5.74, 6) is 1.59. The monoisotopic (exact) mass is 341 g/mol. The third-order valence-corrected chi connectivity index (χ3v) is 5.56. The molecule has 6 heteroatoms. The Morgan fingerprint density at radius 1 is 1.12 bits per heavy atom. The second-order valence-corrected chi connectivity index (χ2v) is 7.38. The molecule has 2 fully saturated rings. The molecule has 1 aromatic heterocycles. The van der Waals surface area contributed by atoms with E-state index in [0.717, 1.165) is 75.5 Å². The Balaban J connectivity index is 1.30. The zero-order chi connectivity index (χ0) is 17.2. The van der Waals surface area contributed by atoms with Gasteiger partial charge in [-0.2, -0.15) is 0 Å². The second-order valence-electron chi connectivity index (χ2n) is 7.38. The van der Waals surface area contributed by atoms with Crippen molar-refractivity contribution >= 4 is 16.9 Å². The van der Waals surface area contributed by atoms with Crippen LogP contribution in [0.3, 0.4) is 0 Å². The first-order valence-electron chi connectivity index (χ1n) is 9.32. The number of aromatic amines is 1. The number of hydrogen-bond donors (Lipinski definition) is 1. The van der Waals surface area contributed by atoms with Gasteiger partial charge in [-0.1, -0.05) is 12.1 Å². The van der Waals surface area contributed by atoms with E-state index in [1.807, 2.05) is 18.2 Å². The van der Waals surface area contributed by atoms with Crippen molar-refractivity contribution in [3.63, 3.8) is 0 Å². The van der Waals surface area contributed by atoms with Crippen LogP contribution in [0.1, 0.15) is 18.7 Å². The molecule has 1 amide bonds. The number of nitrogens with zero attached hydrogens (tertiary/aromatic N) is 4. The first kappa shape index (κ1) is 16.5. The van der Waals surface area contributed by atoms with Crippen LogP contribution in [0.15, 0.2) is 24.3 Å². The van der Waals surface area contributed by atoms with E-state index in [1.54, 1.807) is 0 Å². The van der Waals surface area contributed by atoms with Crippen molar-refractivity contribution in [3.8, 4) is 0 Å². The lowest BCUT2D eigenvalue weighted by molar-refractivity contribution is -0.138. The normalized spacial score (nSPS) is 21.1. The molecule has 2 saturated heterocycles. The molecule has 0 atom stereocenters. The molecule has 0 unspecified atom stereocenters. The van der Waals surface area contributed by atoms with Gasteiger partial charge >= 0.3 is 0 Å². The fourth-order valence-corrected chi connectivity index (χ4v) is 3.92. The lowest BCUT2D eigenvalue weighted by atomic mass is 9.95. The SMILES string of the molecule is CN1CCN(C(=O)C2CCN(Cc3nc4ccccc4[nH]3)CC2)CC1. The van der Waals surface area contributed by atoms with E-state index in [9.17, 15) is 4.79 Å². The predicted octanol–water partition coefficient (Wildman–Crippen LogP) is 1.55. The number of piperidine rings is 1. The summed E-state index contributed by atoms with van der Waals surface area (Å²) in [6, 6.07) is 8.14. The summed E-state index contributed by atoms with van der Waals surface area (Å²) in [6.07, 6.45) is 1.93. The Kier molecular flexibility index (Phi) is 4.72. The molecule has 1 N–H and O–H groups in total. The van der Waals surface area contributed by atoms with Crippen molar-refractivity contribution in [2.24, 2.45) is 5.92 Å². The van der Waals surface area contributed by atoms with E-state index in [-0.39, 0.29) is 5.92 Å². The fourth-order valence-electron chi connectivity index (χ4n) is 3.92. The summed E-state index contributed by atoms with van der Waals surface area (Å²) in [7, 11) is 2.12. The van der Waals surface area contributed by atoms with Crippen LogP contribution in [0, 0.1) is 5.92 Å². The third kappa shape index (κ3) is 3.70. The van der Waals surface area contributed by atoms with Crippen molar-refractivity contribution in [2.75, 3.05) is 46.3 Å². The number of fused-ring (bicyclic) bond motifs is 1. The van der Waals surface area contributed by atoms with E-state index in [1.165, 1.54) is 0 Å². The number of amides is 1. The summed E-state index contributed by atoms with van der Waals surface area (Å²) in [4.78, 5) is 27.5. The number of rotatable bonds is 3. The highest BCUT2D eigenvalue weighted by atomic mass is 16.2. The predicted molar refractivity (Wildman–Crippen MR) is 98.2 cm³/mol. The van der Waals surface area contributed by atoms with E-state index >= 15 is 0 Å². The highest BCUT2D eigenvalue weighted by Crippen LogP contribution is 2.22. The average Bonchev–Trinajstić information content (AvgIpc) is 3.05. The topological polar surface area (TPSA) is 55.5 Å². The largest absolute Gasteiger partial charge is 0.341 e. The number of piperazine rings is 1. The number of nitrogens with one attached hydrogen (secondary N) is 1. The molecular formula is C19H27N5O. The highest BCUT2D eigenvalue weighted by molar-refractivity contribution is 5.79. The standard InChI is InChI=1S/C19H27N5O/c1-22-10-12-24(13-11-22)19(25)15-6-8-23(9-7-15)14-18-20-16-4-2-3-5-17(16)21-18/h2-5,15H,6-14H2,1H3,(H,20,21). The third-order valence-electron chi connectivity index (χ3n) is 5.56. The van der Waals surface area contributed by atoms with Crippen molar-refractivity contribution < 1.29 is 4.79 Å². The number of likely N-dealkylation sites (tertiary alicyclic amines) is 1. The average molecular weight is 341 g/mol. The molecule has 134 valence electrons. The van der Waals surface area contributed by atoms with Crippen molar-refractivity contribution in [2.45, 2.75) is 19.4 Å². The number of benzene rings is 1. The van der Waals surface area contributed by atoms with Crippen LogP contribution < -0.4 is 0 Å². The first-order valence-corrected chi connectivity index (χ1v) is 9.32. The minimum absolute atomic E-state index is 0.204. The number of likely N-dealkylation sites (N-methyl/N-ethyl adjacent to an activating group) is 1. The van der Waals surface area contributed by atoms with Gasteiger partial charge in [0.1, 0.15) is 5.82 Å². The van der Waals surface area contributed by atoms with Crippen LogP contribution in [-0.4, -0.2) is 76.9 Å². The maximum absolute atomic E-state index is 12.7. The Hall–Kier alpha value is -1.92. The number of para-hydroxylation sites is 2. The summed E-state index contributed by atoms with van der Waals surface area (Å²) in [5.41, 5.74) is 2.12. The minimum atomic E-state index is 0.204. The Bertz CT molecular complexity index is 693. The van der Waals surface area contributed by atoms with Crippen LogP contribution in [0.4, 0.5) is 0 Å². The van der Waals surface area contributed by atoms with Crippen molar-refractivity contribution in [3.05, 3.63) is 30.1 Å². The van der Waals surface area contributed by atoms with Gasteiger partial charge in [-0.05, 0) is 45.1 Å². The van der Waals surface area contributed by atoms with Gasteiger partial charge in [0.05, 0.1) is 17.6 Å². The lowest BCUT2D eigenvalue weighted by Gasteiger charge is -2.37. The zero-order valence-corrected chi connectivity index (χ0v) is 14.9. The van der Waals surface area contributed by atoms with E-state index in [4.69, 9.17) is 0 Å². The van der Waals surface area contributed by atoms with Gasteiger partial charge in [-0.15, -0.1) is 0 Å². The number of carbonyl (C=O) groups is 1. The maximum atomic E-state index is 12.7. The van der Waals surface area contributed by atoms with Crippen LogP contribution >= 0.6 is 0 Å². The molecule has 25 heavy (non-hydrogen) atoms. The number of imidazole rings is 1. The van der Waals surface area contributed by atoms with Crippen molar-refractivity contribution in [1.82, 2.24) is 24.7 Å². The zero-order valence-electron chi connectivity index (χ0n) is 14.9. The summed E-state index contributed by atoms with van der Waals surface area (Å²) in [6.45, 7) is 6.54. The molecule has 0 aliphatic carbocycles. The van der Waals surface area contributed by atoms with Gasteiger partial charge < -0.3 is 14.8 Å². The number of aromatic nitrogens is 2. The maximum Gasteiger partial charge on any atom is 0.225 e. The van der Waals surface area contributed by atoms with Gasteiger partial charge in [0, 0.05) is 32.1 Å². The molecule has 2 aliphatic rings. The summed E-state index contributed by atoms with van der Waals surface area (Å²) in [5, 5.41) is 0. The van der Waals surface area contributed by atoms with Crippen LogP contribution in [0.2, 0.25) is 0 Å². The highest BCUT2D eigenvalue weighted by Gasteiger charge is 2.30. The van der Waals surface area contributed by atoms with Gasteiger partial charge in [0.25, 0.3) is 0 Å². The second kappa shape index (κ2) is 7.14. The van der Waals surface area contributed by atoms with Crippen LogP contribution in [0.5, 0.6) is 0 Å². The fraction of sp³-hybridized carbons (Fsp3) is 0.579. The molecular weight excluding hydrogens is 314 g/mol. The Labute approximate surface area is 148 Å². The van der Waals surface area contributed by atoms with Crippen molar-refractivity contribution in [1.29, 1.82) is 0 Å². The minimum Gasteiger partial charge on any atom is -0.341 e. The summed E-state index contributed by atoms with van der Waals surface area (Å²) >= 11 is 0. The molecule has 2 aromatic rings. The molecule has 0 spiro atoms. The number of hydrogen-bond acceptors (Lipinski definition) is 4. The molecule has 1 aromatic carbocycles. The molecule has 3 heterocycles.